The van der Waals surface area contributed by atoms with Crippen molar-refractivity contribution >= 4 is 10.0 Å². The number of methoxy groups -OCH3 is 1. The molecule has 0 aliphatic heterocycles. The zero-order valence-corrected chi connectivity index (χ0v) is 12.0. The summed E-state index contributed by atoms with van der Waals surface area (Å²) in [5.74, 6) is 0.383. The Bertz CT molecular complexity index is 640. The molecule has 9 heteroatoms. The van der Waals surface area contributed by atoms with Crippen molar-refractivity contribution < 1.29 is 26.3 Å². The van der Waals surface area contributed by atoms with Crippen LogP contribution < -0.4 is 15.2 Å². The van der Waals surface area contributed by atoms with E-state index in [0.29, 0.717) is 11.3 Å². The fraction of sp³-hybridized carbons (Fsp3) is 0.500. The minimum Gasteiger partial charge on any atom is -0.496 e. The Labute approximate surface area is 120 Å². The van der Waals surface area contributed by atoms with Gasteiger partial charge in [-0.15, -0.1) is 0 Å². The molecule has 1 aromatic rings. The molecule has 0 radical (unpaired) electrons. The summed E-state index contributed by atoms with van der Waals surface area (Å²) >= 11 is 0. The summed E-state index contributed by atoms with van der Waals surface area (Å²) in [4.78, 5) is -0.265. The van der Waals surface area contributed by atoms with E-state index in [0.717, 1.165) is 0 Å². The van der Waals surface area contributed by atoms with E-state index in [1.54, 1.807) is 4.72 Å². The summed E-state index contributed by atoms with van der Waals surface area (Å²) in [6.07, 6.45) is -5.12. The van der Waals surface area contributed by atoms with Gasteiger partial charge in [0.1, 0.15) is 11.3 Å². The Balaban J connectivity index is 2.33. The number of nitrogens with two attached hydrogens (primary N) is 1. The number of rotatable bonds is 5. The van der Waals surface area contributed by atoms with E-state index in [1.165, 1.54) is 25.3 Å². The molecule has 21 heavy (non-hydrogen) atoms. The molecule has 0 aromatic heterocycles. The van der Waals surface area contributed by atoms with Crippen molar-refractivity contribution in [1.29, 1.82) is 0 Å². The lowest BCUT2D eigenvalue weighted by molar-refractivity contribution is -0.160. The number of hydrogen-bond donors (Lipinski definition) is 2. The second-order valence-electron chi connectivity index (χ2n) is 4.86. The van der Waals surface area contributed by atoms with Crippen molar-refractivity contribution in [2.75, 3.05) is 7.11 Å². The molecular formula is C12H15F3N2O3S. The molecule has 0 bridgehead atoms. The zero-order chi connectivity index (χ0) is 15.9. The molecule has 1 aliphatic carbocycles. The summed E-state index contributed by atoms with van der Waals surface area (Å²) in [7, 11) is -2.88. The quantitative estimate of drug-likeness (QED) is 0.860. The van der Waals surface area contributed by atoms with Crippen LogP contribution in [0.2, 0.25) is 0 Å². The maximum Gasteiger partial charge on any atom is 0.407 e. The molecule has 1 fully saturated rings. The van der Waals surface area contributed by atoms with Gasteiger partial charge in [0.05, 0.1) is 12.0 Å². The molecular weight excluding hydrogens is 309 g/mol. The van der Waals surface area contributed by atoms with Crippen molar-refractivity contribution in [3.8, 4) is 5.75 Å². The number of benzene rings is 1. The van der Waals surface area contributed by atoms with Crippen LogP contribution in [0.3, 0.4) is 0 Å². The first-order valence-corrected chi connectivity index (χ1v) is 7.61. The molecule has 0 heterocycles. The minimum atomic E-state index is -4.61. The van der Waals surface area contributed by atoms with Crippen molar-refractivity contribution in [2.24, 2.45) is 5.73 Å². The summed E-state index contributed by atoms with van der Waals surface area (Å²) in [5, 5.41) is 0. The topological polar surface area (TPSA) is 81.4 Å². The standard InChI is InChI=1S/C12H15F3N2O3S/c1-20-10-3-2-9(6-8(10)7-16)21(18,19)17-11(4-5-11)12(13,14)15/h2-3,6,17H,4-5,7,16H2,1H3. The lowest BCUT2D eigenvalue weighted by Gasteiger charge is -2.21. The normalized spacial score (nSPS) is 17.6. The highest BCUT2D eigenvalue weighted by atomic mass is 32.2. The second kappa shape index (κ2) is 5.15. The second-order valence-corrected chi connectivity index (χ2v) is 6.55. The maximum absolute atomic E-state index is 12.8. The zero-order valence-electron chi connectivity index (χ0n) is 11.2. The molecule has 0 atom stereocenters. The van der Waals surface area contributed by atoms with Gasteiger partial charge in [-0.3, -0.25) is 0 Å². The first-order valence-electron chi connectivity index (χ1n) is 6.13. The molecule has 118 valence electrons. The molecule has 5 nitrogen and oxygen atoms in total. The van der Waals surface area contributed by atoms with Gasteiger partial charge < -0.3 is 10.5 Å². The van der Waals surface area contributed by atoms with Gasteiger partial charge in [-0.25, -0.2) is 8.42 Å². The number of hydrogen-bond acceptors (Lipinski definition) is 4. The van der Waals surface area contributed by atoms with Crippen molar-refractivity contribution in [3.63, 3.8) is 0 Å². The van der Waals surface area contributed by atoms with Crippen LogP contribution in [0.1, 0.15) is 18.4 Å². The molecule has 0 amide bonds. The predicted molar refractivity (Wildman–Crippen MR) is 69.2 cm³/mol. The Morgan fingerprint density at radius 2 is 2.00 bits per heavy atom. The Morgan fingerprint density at radius 1 is 1.38 bits per heavy atom. The Morgan fingerprint density at radius 3 is 2.43 bits per heavy atom. The van der Waals surface area contributed by atoms with Crippen LogP contribution in [-0.4, -0.2) is 27.2 Å². The number of ether oxygens (including phenoxy) is 1. The van der Waals surface area contributed by atoms with Gasteiger partial charge in [0.2, 0.25) is 10.0 Å². The minimum absolute atomic E-state index is 0.0109. The van der Waals surface area contributed by atoms with Crippen molar-refractivity contribution in [3.05, 3.63) is 23.8 Å². The van der Waals surface area contributed by atoms with Gasteiger partial charge in [-0.2, -0.15) is 17.9 Å². The van der Waals surface area contributed by atoms with E-state index in [-0.39, 0.29) is 24.3 Å². The van der Waals surface area contributed by atoms with Crippen LogP contribution >= 0.6 is 0 Å². The highest BCUT2D eigenvalue weighted by molar-refractivity contribution is 7.89. The first kappa shape index (κ1) is 16.1. The van der Waals surface area contributed by atoms with E-state index in [2.05, 4.69) is 0 Å². The van der Waals surface area contributed by atoms with E-state index in [9.17, 15) is 21.6 Å². The maximum atomic E-state index is 12.8. The molecule has 1 aliphatic rings. The van der Waals surface area contributed by atoms with Gasteiger partial charge in [0.15, 0.2) is 0 Å². The number of nitrogens with one attached hydrogen (secondary N) is 1. The number of sulfonamides is 1. The lowest BCUT2D eigenvalue weighted by atomic mass is 10.2. The van der Waals surface area contributed by atoms with Crippen LogP contribution in [0.25, 0.3) is 0 Å². The first-order chi connectivity index (χ1) is 9.65. The number of halogens is 3. The monoisotopic (exact) mass is 324 g/mol. The Kier molecular flexibility index (Phi) is 3.94. The third kappa shape index (κ3) is 2.99. The van der Waals surface area contributed by atoms with Gasteiger partial charge in [0, 0.05) is 12.1 Å². The van der Waals surface area contributed by atoms with Gasteiger partial charge >= 0.3 is 6.18 Å². The van der Waals surface area contributed by atoms with Gasteiger partial charge in [0.25, 0.3) is 0 Å². The average Bonchev–Trinajstić information content (AvgIpc) is 3.17. The molecule has 1 aromatic carbocycles. The van der Waals surface area contributed by atoms with Crippen molar-refractivity contribution in [1.82, 2.24) is 4.72 Å². The summed E-state index contributed by atoms with van der Waals surface area (Å²) in [5.41, 5.74) is 3.53. The van der Waals surface area contributed by atoms with Crippen LogP contribution in [-0.2, 0) is 16.6 Å². The SMILES string of the molecule is COc1ccc(S(=O)(=O)NC2(C(F)(F)F)CC2)cc1CN. The van der Waals surface area contributed by atoms with Crippen LogP contribution in [0.5, 0.6) is 5.75 Å². The molecule has 2 rings (SSSR count). The lowest BCUT2D eigenvalue weighted by Crippen LogP contribution is -2.47. The molecule has 1 saturated carbocycles. The third-order valence-electron chi connectivity index (χ3n) is 3.40. The van der Waals surface area contributed by atoms with E-state index < -0.39 is 21.7 Å². The fourth-order valence-corrected chi connectivity index (χ4v) is 3.46. The molecule has 0 saturated heterocycles. The smallest absolute Gasteiger partial charge is 0.407 e. The van der Waals surface area contributed by atoms with Gasteiger partial charge in [-0.05, 0) is 31.0 Å². The highest BCUT2D eigenvalue weighted by Crippen LogP contribution is 2.49. The largest absolute Gasteiger partial charge is 0.496 e. The van der Waals surface area contributed by atoms with Crippen molar-refractivity contribution in [2.45, 2.75) is 36.0 Å². The molecule has 0 spiro atoms. The fourth-order valence-electron chi connectivity index (χ4n) is 1.97. The summed E-state index contributed by atoms with van der Waals surface area (Å²) in [6.45, 7) is 0.0109. The van der Waals surface area contributed by atoms with E-state index in [4.69, 9.17) is 10.5 Å². The van der Waals surface area contributed by atoms with E-state index in [1.807, 2.05) is 0 Å². The van der Waals surface area contributed by atoms with Crippen LogP contribution in [0.4, 0.5) is 13.2 Å². The molecule has 0 unspecified atom stereocenters. The third-order valence-corrected chi connectivity index (χ3v) is 4.94. The molecule has 3 N–H and O–H groups in total. The average molecular weight is 324 g/mol. The van der Waals surface area contributed by atoms with Gasteiger partial charge in [-0.1, -0.05) is 0 Å². The number of alkyl halides is 3. The predicted octanol–water partition coefficient (Wildman–Crippen LogP) is 1.53. The van der Waals surface area contributed by atoms with Crippen LogP contribution in [0, 0.1) is 0 Å². The van der Waals surface area contributed by atoms with Crippen LogP contribution in [0.15, 0.2) is 23.1 Å². The summed E-state index contributed by atoms with van der Waals surface area (Å²) < 4.78 is 69.5. The highest BCUT2D eigenvalue weighted by Gasteiger charge is 2.65. The summed E-state index contributed by atoms with van der Waals surface area (Å²) in [6, 6.07) is 3.77. The van der Waals surface area contributed by atoms with E-state index >= 15 is 0 Å². The Hall–Kier alpha value is -1.32.